The molecule has 0 fully saturated rings. The number of anilines is 1. The molecule has 10 nitrogen and oxygen atoms in total. The van der Waals surface area contributed by atoms with Crippen molar-refractivity contribution in [2.45, 2.75) is 54.5 Å². The van der Waals surface area contributed by atoms with Crippen molar-refractivity contribution >= 4 is 39.3 Å². The van der Waals surface area contributed by atoms with E-state index in [1.54, 1.807) is 36.4 Å². The highest BCUT2D eigenvalue weighted by atomic mass is 32.2. The number of aromatic nitrogens is 4. The molecule has 0 saturated carbocycles. The molecule has 34 heavy (non-hydrogen) atoms. The van der Waals surface area contributed by atoms with Crippen molar-refractivity contribution in [1.82, 2.24) is 24.9 Å². The van der Waals surface area contributed by atoms with Gasteiger partial charge >= 0.3 is 0 Å². The number of fused-ring (bicyclic) bond motifs is 1. The van der Waals surface area contributed by atoms with Crippen LogP contribution in [0.4, 0.5) is 5.69 Å². The fourth-order valence-corrected chi connectivity index (χ4v) is 6.60. The van der Waals surface area contributed by atoms with Crippen molar-refractivity contribution in [1.29, 1.82) is 0 Å². The minimum atomic E-state index is -4.11. The van der Waals surface area contributed by atoms with E-state index >= 15 is 0 Å². The number of thioether (sulfide) groups is 1. The maximum atomic E-state index is 13.3. The lowest BCUT2D eigenvalue weighted by molar-refractivity contribution is -0.116. The van der Waals surface area contributed by atoms with Gasteiger partial charge in [-0.2, -0.15) is 5.21 Å². The standard InChI is InChI=1S/C22H24N6O4S2/c1-2-3-4-5-13-19(29)23-16-10-8-9-15(14-16)21(33-22-24-26-27-25-22)28-20(30)17-11-6-7-12-18(17)34(28,31)32/h6-12,14,21H,2-5,13H2,1H3,(H,23,29)(H,24,25,26,27). The summed E-state index contributed by atoms with van der Waals surface area (Å²) in [4.78, 5) is 25.5. The van der Waals surface area contributed by atoms with Crippen molar-refractivity contribution in [3.8, 4) is 0 Å². The summed E-state index contributed by atoms with van der Waals surface area (Å²) < 4.78 is 27.5. The highest BCUT2D eigenvalue weighted by Crippen LogP contribution is 2.44. The lowest BCUT2D eigenvalue weighted by Gasteiger charge is -2.25. The molecule has 1 unspecified atom stereocenters. The van der Waals surface area contributed by atoms with Gasteiger partial charge in [0.15, 0.2) is 0 Å². The van der Waals surface area contributed by atoms with Gasteiger partial charge in [0.05, 0.1) is 5.56 Å². The third-order valence-corrected chi connectivity index (χ3v) is 8.35. The summed E-state index contributed by atoms with van der Waals surface area (Å²) >= 11 is 0.967. The number of nitrogens with one attached hydrogen (secondary N) is 2. The molecule has 1 aromatic heterocycles. The zero-order valence-corrected chi connectivity index (χ0v) is 20.1. The number of rotatable bonds is 10. The number of hydrogen-bond acceptors (Lipinski definition) is 8. The quantitative estimate of drug-likeness (QED) is 0.317. The number of amides is 2. The molecular weight excluding hydrogens is 476 g/mol. The van der Waals surface area contributed by atoms with Crippen molar-refractivity contribution in [2.24, 2.45) is 0 Å². The summed E-state index contributed by atoms with van der Waals surface area (Å²) in [6.07, 6.45) is 4.36. The summed E-state index contributed by atoms with van der Waals surface area (Å²) in [5, 5.41) is 15.7. The second-order valence-electron chi connectivity index (χ2n) is 7.75. The fraction of sp³-hybridized carbons (Fsp3) is 0.318. The Labute approximate surface area is 201 Å². The predicted molar refractivity (Wildman–Crippen MR) is 126 cm³/mol. The van der Waals surface area contributed by atoms with Crippen LogP contribution in [0.1, 0.15) is 60.3 Å². The fourth-order valence-electron chi connectivity index (χ4n) is 3.69. The molecule has 2 N–H and O–H groups in total. The molecule has 0 saturated heterocycles. The van der Waals surface area contributed by atoms with Crippen molar-refractivity contribution in [2.75, 3.05) is 5.32 Å². The van der Waals surface area contributed by atoms with Crippen LogP contribution in [0.5, 0.6) is 0 Å². The molecule has 3 aromatic rings. The average molecular weight is 501 g/mol. The minimum Gasteiger partial charge on any atom is -0.326 e. The van der Waals surface area contributed by atoms with E-state index in [0.29, 0.717) is 17.7 Å². The molecule has 1 aliphatic heterocycles. The maximum Gasteiger partial charge on any atom is 0.270 e. The van der Waals surface area contributed by atoms with Crippen molar-refractivity contribution < 1.29 is 18.0 Å². The van der Waals surface area contributed by atoms with Gasteiger partial charge in [-0.3, -0.25) is 9.59 Å². The Balaban J connectivity index is 1.64. The molecule has 1 atom stereocenters. The largest absolute Gasteiger partial charge is 0.326 e. The van der Waals surface area contributed by atoms with Crippen LogP contribution in [-0.2, 0) is 14.8 Å². The number of hydrogen-bond donors (Lipinski definition) is 2. The van der Waals surface area contributed by atoms with Gasteiger partial charge in [0.25, 0.3) is 15.9 Å². The summed E-state index contributed by atoms with van der Waals surface area (Å²) in [5.74, 6) is -0.755. The maximum absolute atomic E-state index is 13.3. The summed E-state index contributed by atoms with van der Waals surface area (Å²) in [6, 6.07) is 12.9. The Morgan fingerprint density at radius 1 is 1.15 bits per heavy atom. The van der Waals surface area contributed by atoms with Gasteiger partial charge in [-0.1, -0.05) is 62.2 Å². The molecule has 2 aromatic carbocycles. The molecule has 2 heterocycles. The Morgan fingerprint density at radius 2 is 1.97 bits per heavy atom. The molecule has 178 valence electrons. The number of H-pyrrole nitrogens is 1. The number of sulfonamides is 1. The molecule has 0 spiro atoms. The van der Waals surface area contributed by atoms with Gasteiger partial charge in [-0.05, 0) is 41.5 Å². The van der Waals surface area contributed by atoms with E-state index in [9.17, 15) is 18.0 Å². The third-order valence-electron chi connectivity index (χ3n) is 5.32. The second kappa shape index (κ2) is 10.3. The van der Waals surface area contributed by atoms with Gasteiger partial charge < -0.3 is 5.32 Å². The predicted octanol–water partition coefficient (Wildman–Crippen LogP) is 3.74. The van der Waals surface area contributed by atoms with E-state index in [-0.39, 0.29) is 21.5 Å². The van der Waals surface area contributed by atoms with Crippen LogP contribution >= 0.6 is 11.8 Å². The number of carbonyl (C=O) groups excluding carboxylic acids is 2. The number of aromatic amines is 1. The summed E-state index contributed by atoms with van der Waals surface area (Å²) in [7, 11) is -4.11. The summed E-state index contributed by atoms with van der Waals surface area (Å²) in [5.41, 5.74) is 1.11. The molecular formula is C22H24N6O4S2. The van der Waals surface area contributed by atoms with Gasteiger partial charge in [0, 0.05) is 12.1 Å². The zero-order valence-electron chi connectivity index (χ0n) is 18.5. The number of nitrogens with zero attached hydrogens (tertiary/aromatic N) is 4. The van der Waals surface area contributed by atoms with Crippen LogP contribution in [0.2, 0.25) is 0 Å². The van der Waals surface area contributed by atoms with Gasteiger partial charge in [0.1, 0.15) is 10.3 Å². The Hall–Kier alpha value is -3.25. The van der Waals surface area contributed by atoms with Crippen LogP contribution < -0.4 is 5.32 Å². The zero-order chi connectivity index (χ0) is 24.1. The van der Waals surface area contributed by atoms with Crippen LogP contribution in [0, 0.1) is 0 Å². The van der Waals surface area contributed by atoms with Crippen LogP contribution in [0.25, 0.3) is 0 Å². The number of tetrazole rings is 1. The Morgan fingerprint density at radius 3 is 2.71 bits per heavy atom. The van der Waals surface area contributed by atoms with Crippen LogP contribution in [-0.4, -0.2) is 45.2 Å². The van der Waals surface area contributed by atoms with E-state index in [4.69, 9.17) is 0 Å². The Kier molecular flexibility index (Phi) is 7.27. The van der Waals surface area contributed by atoms with E-state index in [1.807, 2.05) is 0 Å². The van der Waals surface area contributed by atoms with E-state index in [1.165, 1.54) is 12.1 Å². The molecule has 0 radical (unpaired) electrons. The molecule has 12 heteroatoms. The Bertz CT molecular complexity index is 1280. The first-order valence-corrected chi connectivity index (χ1v) is 13.2. The monoisotopic (exact) mass is 500 g/mol. The van der Waals surface area contributed by atoms with Crippen LogP contribution in [0.3, 0.4) is 0 Å². The van der Waals surface area contributed by atoms with E-state index in [0.717, 1.165) is 41.8 Å². The minimum absolute atomic E-state index is 0.0461. The number of unbranched alkanes of at least 4 members (excludes halogenated alkanes) is 3. The molecule has 0 aliphatic carbocycles. The first-order chi connectivity index (χ1) is 16.4. The number of carbonyl (C=O) groups is 2. The van der Waals surface area contributed by atoms with Crippen molar-refractivity contribution in [3.63, 3.8) is 0 Å². The molecule has 4 rings (SSSR count). The van der Waals surface area contributed by atoms with E-state index in [2.05, 4.69) is 32.9 Å². The highest BCUT2D eigenvalue weighted by Gasteiger charge is 2.46. The van der Waals surface area contributed by atoms with Crippen molar-refractivity contribution in [3.05, 3.63) is 59.7 Å². The first kappa shape index (κ1) is 23.9. The molecule has 0 bridgehead atoms. The van der Waals surface area contributed by atoms with E-state index < -0.39 is 21.3 Å². The highest BCUT2D eigenvalue weighted by molar-refractivity contribution is 8.00. The lowest BCUT2D eigenvalue weighted by Crippen LogP contribution is -2.33. The SMILES string of the molecule is CCCCCCC(=O)Nc1cccc(C(Sc2nn[nH]n2)N2C(=O)c3ccccc3S2(=O)=O)c1. The average Bonchev–Trinajstić information content (AvgIpc) is 3.41. The second-order valence-corrected chi connectivity index (χ2v) is 10.6. The first-order valence-electron chi connectivity index (χ1n) is 10.9. The van der Waals surface area contributed by atoms with Gasteiger partial charge in [0.2, 0.25) is 11.1 Å². The topological polar surface area (TPSA) is 138 Å². The number of benzene rings is 2. The lowest BCUT2D eigenvalue weighted by atomic mass is 10.1. The third kappa shape index (κ3) is 4.97. The van der Waals surface area contributed by atoms with Crippen LogP contribution in [0.15, 0.2) is 58.6 Å². The smallest absolute Gasteiger partial charge is 0.270 e. The molecule has 2 amide bonds. The van der Waals surface area contributed by atoms with Gasteiger partial charge in [-0.25, -0.2) is 12.7 Å². The van der Waals surface area contributed by atoms with Gasteiger partial charge in [-0.15, -0.1) is 10.2 Å². The normalized spacial score (nSPS) is 15.2. The summed E-state index contributed by atoms with van der Waals surface area (Å²) in [6.45, 7) is 2.11. The molecule has 1 aliphatic rings.